The highest BCUT2D eigenvalue weighted by atomic mass is 35.5. The summed E-state index contributed by atoms with van der Waals surface area (Å²) >= 11 is 1.22. The maximum Gasteiger partial charge on any atom is 0.339 e. The van der Waals surface area contributed by atoms with Crippen molar-refractivity contribution in [3.63, 3.8) is 0 Å². The lowest BCUT2D eigenvalue weighted by Crippen LogP contribution is -2.40. The number of rotatable bonds is 12. The van der Waals surface area contributed by atoms with Crippen LogP contribution in [0.15, 0.2) is 47.4 Å². The number of carbonyl (C=O) groups is 1. The molecular formula is C24H33ClN4O5S2. The molecule has 1 heterocycles. The number of anilines is 2. The highest BCUT2D eigenvalue weighted by molar-refractivity contribution is 7.87. The van der Waals surface area contributed by atoms with E-state index < -0.39 is 10.1 Å². The van der Waals surface area contributed by atoms with Crippen molar-refractivity contribution in [3.8, 4) is 5.75 Å². The van der Waals surface area contributed by atoms with Gasteiger partial charge in [0.15, 0.2) is 5.13 Å². The van der Waals surface area contributed by atoms with E-state index in [1.54, 1.807) is 24.3 Å². The zero-order valence-corrected chi connectivity index (χ0v) is 23.4. The van der Waals surface area contributed by atoms with E-state index in [9.17, 15) is 13.2 Å². The second-order valence-electron chi connectivity index (χ2n) is 8.54. The quantitative estimate of drug-likeness (QED) is 0.311. The smallest absolute Gasteiger partial charge is 0.339 e. The summed E-state index contributed by atoms with van der Waals surface area (Å²) in [6, 6.07) is 12.2. The molecule has 0 fully saturated rings. The Morgan fingerprint density at radius 2 is 1.75 bits per heavy atom. The lowest BCUT2D eigenvalue weighted by Gasteiger charge is -2.30. The first kappa shape index (κ1) is 29.8. The van der Waals surface area contributed by atoms with E-state index in [0.717, 1.165) is 18.8 Å². The van der Waals surface area contributed by atoms with E-state index in [0.29, 0.717) is 27.4 Å². The van der Waals surface area contributed by atoms with Crippen LogP contribution in [0.5, 0.6) is 5.75 Å². The number of methoxy groups -OCH3 is 1. The van der Waals surface area contributed by atoms with Crippen LogP contribution in [-0.4, -0.2) is 63.1 Å². The van der Waals surface area contributed by atoms with Gasteiger partial charge in [0, 0.05) is 44.0 Å². The number of carbonyl (C=O) groups excluding carboxylic acids is 1. The van der Waals surface area contributed by atoms with Gasteiger partial charge < -0.3 is 14.2 Å². The standard InChI is InChI=1S/C24H32N4O5S2.ClH/c1-16(2)28(17(3)4)13-12-25-18-6-9-20(10-7-18)35(30,31)33-19-8-11-21-22(14-19)34-24(26-21)27-23(29)15-32-5;/h6-11,14,16-17,25H,12-13,15H2,1-5H3,(H,26,27,29);1H. The SMILES string of the molecule is COCC(=O)Nc1nc2ccc(OS(=O)(=O)c3ccc(NCCN(C(C)C)C(C)C)cc3)cc2s1.Cl. The van der Waals surface area contributed by atoms with Gasteiger partial charge in [-0.2, -0.15) is 8.42 Å². The molecule has 3 rings (SSSR count). The van der Waals surface area contributed by atoms with Gasteiger partial charge in [-0.3, -0.25) is 15.0 Å². The first-order valence-corrected chi connectivity index (χ1v) is 13.5. The largest absolute Gasteiger partial charge is 0.384 e. The van der Waals surface area contributed by atoms with Crippen LogP contribution >= 0.6 is 23.7 Å². The Morgan fingerprint density at radius 1 is 1.08 bits per heavy atom. The fraction of sp³-hybridized carbons (Fsp3) is 0.417. The number of fused-ring (bicyclic) bond motifs is 1. The number of hydrogen-bond acceptors (Lipinski definition) is 9. The fourth-order valence-electron chi connectivity index (χ4n) is 3.65. The lowest BCUT2D eigenvalue weighted by atomic mass is 10.2. The summed E-state index contributed by atoms with van der Waals surface area (Å²) in [6.07, 6.45) is 0. The van der Waals surface area contributed by atoms with Crippen molar-refractivity contribution in [3.05, 3.63) is 42.5 Å². The first-order valence-electron chi connectivity index (χ1n) is 11.3. The Bertz CT molecular complexity index is 1240. The van der Waals surface area contributed by atoms with Gasteiger partial charge in [0.05, 0.1) is 10.2 Å². The molecule has 1 amide bonds. The van der Waals surface area contributed by atoms with E-state index in [1.165, 1.54) is 36.6 Å². The minimum absolute atomic E-state index is 0. The second-order valence-corrected chi connectivity index (χ2v) is 11.1. The number of nitrogens with zero attached hydrogens (tertiary/aromatic N) is 2. The summed E-state index contributed by atoms with van der Waals surface area (Å²) in [5, 5.41) is 6.37. The van der Waals surface area contributed by atoms with Crippen LogP contribution in [0.2, 0.25) is 0 Å². The molecule has 0 bridgehead atoms. The van der Waals surface area contributed by atoms with Crippen LogP contribution in [0.4, 0.5) is 10.8 Å². The molecule has 3 aromatic rings. The number of amides is 1. The molecule has 2 aromatic carbocycles. The number of aromatic nitrogens is 1. The Kier molecular flexibility index (Phi) is 10.9. The van der Waals surface area contributed by atoms with Crippen LogP contribution in [0.3, 0.4) is 0 Å². The van der Waals surface area contributed by atoms with Gasteiger partial charge in [0.2, 0.25) is 0 Å². The van der Waals surface area contributed by atoms with Crippen LogP contribution < -0.4 is 14.8 Å². The number of hydrogen-bond donors (Lipinski definition) is 2. The molecule has 0 saturated carbocycles. The zero-order chi connectivity index (χ0) is 25.6. The predicted octanol–water partition coefficient (Wildman–Crippen LogP) is 4.60. The molecule has 0 radical (unpaired) electrons. The predicted molar refractivity (Wildman–Crippen MR) is 147 cm³/mol. The van der Waals surface area contributed by atoms with Crippen molar-refractivity contribution in [1.29, 1.82) is 0 Å². The molecule has 36 heavy (non-hydrogen) atoms. The Hall–Kier alpha value is -2.44. The summed E-state index contributed by atoms with van der Waals surface area (Å²) in [5.41, 5.74) is 1.46. The highest BCUT2D eigenvalue weighted by Crippen LogP contribution is 2.30. The molecule has 0 aliphatic heterocycles. The average molecular weight is 557 g/mol. The van der Waals surface area contributed by atoms with Crippen LogP contribution in [0.25, 0.3) is 10.2 Å². The number of nitrogens with one attached hydrogen (secondary N) is 2. The molecule has 0 unspecified atom stereocenters. The molecule has 0 atom stereocenters. The summed E-state index contributed by atoms with van der Waals surface area (Å²) in [4.78, 5) is 18.4. The Morgan fingerprint density at radius 3 is 2.36 bits per heavy atom. The normalized spacial score (nSPS) is 11.7. The summed E-state index contributed by atoms with van der Waals surface area (Å²) in [7, 11) is -2.58. The van der Waals surface area contributed by atoms with Crippen molar-refractivity contribution in [2.75, 3.05) is 37.4 Å². The number of thiazole rings is 1. The molecule has 12 heteroatoms. The molecular weight excluding hydrogens is 524 g/mol. The fourth-order valence-corrected chi connectivity index (χ4v) is 5.49. The molecule has 2 N–H and O–H groups in total. The molecule has 0 saturated heterocycles. The van der Waals surface area contributed by atoms with Gasteiger partial charge in [0.1, 0.15) is 17.3 Å². The summed E-state index contributed by atoms with van der Waals surface area (Å²) in [5.74, 6) is -0.152. The number of ether oxygens (including phenoxy) is 1. The van der Waals surface area contributed by atoms with Crippen LogP contribution in [0, 0.1) is 0 Å². The van der Waals surface area contributed by atoms with Crippen LogP contribution in [-0.2, 0) is 19.6 Å². The first-order chi connectivity index (χ1) is 16.6. The maximum absolute atomic E-state index is 12.8. The van der Waals surface area contributed by atoms with Crippen molar-refractivity contribution in [2.45, 2.75) is 44.7 Å². The van der Waals surface area contributed by atoms with Crippen molar-refractivity contribution in [1.82, 2.24) is 9.88 Å². The topological polar surface area (TPSA) is 110 Å². The molecule has 0 aliphatic rings. The minimum Gasteiger partial charge on any atom is -0.384 e. The zero-order valence-electron chi connectivity index (χ0n) is 21.0. The molecule has 0 aliphatic carbocycles. The molecule has 0 spiro atoms. The third-order valence-electron chi connectivity index (χ3n) is 5.26. The third-order valence-corrected chi connectivity index (χ3v) is 7.45. The number of halogens is 1. The minimum atomic E-state index is -4.01. The van der Waals surface area contributed by atoms with Crippen molar-refractivity contribution >= 4 is 60.8 Å². The molecule has 9 nitrogen and oxygen atoms in total. The average Bonchev–Trinajstić information content (AvgIpc) is 3.17. The van der Waals surface area contributed by atoms with E-state index in [2.05, 4.69) is 48.2 Å². The molecule has 1 aromatic heterocycles. The van der Waals surface area contributed by atoms with Crippen molar-refractivity contribution in [2.24, 2.45) is 0 Å². The Balaban J connectivity index is 0.00000456. The molecule has 198 valence electrons. The van der Waals surface area contributed by atoms with Gasteiger partial charge in [0.25, 0.3) is 5.91 Å². The van der Waals surface area contributed by atoms with E-state index >= 15 is 0 Å². The summed E-state index contributed by atoms with van der Waals surface area (Å²) in [6.45, 7) is 10.2. The number of benzene rings is 2. The van der Waals surface area contributed by atoms with Gasteiger partial charge >= 0.3 is 10.1 Å². The van der Waals surface area contributed by atoms with Gasteiger partial charge in [-0.25, -0.2) is 4.98 Å². The lowest BCUT2D eigenvalue weighted by molar-refractivity contribution is -0.119. The summed E-state index contributed by atoms with van der Waals surface area (Å²) < 4.78 is 36.4. The van der Waals surface area contributed by atoms with Crippen LogP contribution in [0.1, 0.15) is 27.7 Å². The van der Waals surface area contributed by atoms with Gasteiger partial charge in [-0.05, 0) is 64.1 Å². The second kappa shape index (κ2) is 13.2. The van der Waals surface area contributed by atoms with Gasteiger partial charge in [-0.1, -0.05) is 11.3 Å². The van der Waals surface area contributed by atoms with E-state index in [1.807, 2.05) is 0 Å². The monoisotopic (exact) mass is 556 g/mol. The highest BCUT2D eigenvalue weighted by Gasteiger charge is 2.18. The maximum atomic E-state index is 12.8. The van der Waals surface area contributed by atoms with Crippen molar-refractivity contribution < 1.29 is 22.1 Å². The third kappa shape index (κ3) is 8.04. The van der Waals surface area contributed by atoms with E-state index in [-0.39, 0.29) is 35.6 Å². The van der Waals surface area contributed by atoms with Gasteiger partial charge in [-0.15, -0.1) is 12.4 Å². The van der Waals surface area contributed by atoms with E-state index in [4.69, 9.17) is 8.92 Å². The Labute approximate surface area is 222 Å².